The zero-order chi connectivity index (χ0) is 18.4. The van der Waals surface area contributed by atoms with Crippen LogP contribution in [0.15, 0.2) is 48.5 Å². The van der Waals surface area contributed by atoms with Gasteiger partial charge in [-0.25, -0.2) is 12.8 Å². The molecule has 2 rings (SSSR count). The van der Waals surface area contributed by atoms with Crippen LogP contribution in [0.1, 0.15) is 6.92 Å². The average molecular weight is 366 g/mol. The normalized spacial score (nSPS) is 11.0. The highest BCUT2D eigenvalue weighted by Crippen LogP contribution is 2.22. The predicted molar refractivity (Wildman–Crippen MR) is 94.8 cm³/mol. The standard InChI is InChI=1S/C17H19FN2O4S/c1-3-24-14-8-6-7-13(11-14)19-17(21)12-20(25(2,22)23)16-10-5-4-9-15(16)18/h4-11H,3,12H2,1-2H3,(H,19,21). The summed E-state index contributed by atoms with van der Waals surface area (Å²) in [5.74, 6) is -0.740. The van der Waals surface area contributed by atoms with Crippen LogP contribution in [0.2, 0.25) is 0 Å². The lowest BCUT2D eigenvalue weighted by atomic mass is 10.3. The van der Waals surface area contributed by atoms with Crippen LogP contribution in [0.5, 0.6) is 5.75 Å². The highest BCUT2D eigenvalue weighted by molar-refractivity contribution is 7.92. The van der Waals surface area contributed by atoms with Crippen molar-refractivity contribution >= 4 is 27.3 Å². The van der Waals surface area contributed by atoms with Crippen molar-refractivity contribution in [2.24, 2.45) is 0 Å². The number of nitrogens with zero attached hydrogens (tertiary/aromatic N) is 1. The number of benzene rings is 2. The number of halogens is 1. The highest BCUT2D eigenvalue weighted by Gasteiger charge is 2.23. The number of hydrogen-bond acceptors (Lipinski definition) is 4. The molecule has 0 saturated carbocycles. The van der Waals surface area contributed by atoms with E-state index in [1.165, 1.54) is 18.2 Å². The van der Waals surface area contributed by atoms with Gasteiger partial charge in [-0.1, -0.05) is 18.2 Å². The van der Waals surface area contributed by atoms with E-state index in [0.717, 1.165) is 16.6 Å². The molecule has 6 nitrogen and oxygen atoms in total. The zero-order valence-electron chi connectivity index (χ0n) is 13.9. The number of hydrogen-bond donors (Lipinski definition) is 1. The number of nitrogens with one attached hydrogen (secondary N) is 1. The van der Waals surface area contributed by atoms with Gasteiger partial charge in [0.05, 0.1) is 18.6 Å². The highest BCUT2D eigenvalue weighted by atomic mass is 32.2. The molecule has 134 valence electrons. The molecular weight excluding hydrogens is 347 g/mol. The number of anilines is 2. The third kappa shape index (κ3) is 5.18. The Morgan fingerprint density at radius 3 is 2.56 bits per heavy atom. The third-order valence-electron chi connectivity index (χ3n) is 3.24. The summed E-state index contributed by atoms with van der Waals surface area (Å²) in [5.41, 5.74) is 0.279. The summed E-state index contributed by atoms with van der Waals surface area (Å²) >= 11 is 0. The van der Waals surface area contributed by atoms with Gasteiger partial charge >= 0.3 is 0 Å². The van der Waals surface area contributed by atoms with E-state index in [9.17, 15) is 17.6 Å². The van der Waals surface area contributed by atoms with Crippen LogP contribution in [0.25, 0.3) is 0 Å². The van der Waals surface area contributed by atoms with Gasteiger partial charge in [-0.05, 0) is 31.2 Å². The minimum atomic E-state index is -3.84. The maximum absolute atomic E-state index is 13.9. The van der Waals surface area contributed by atoms with Gasteiger partial charge in [0.1, 0.15) is 18.1 Å². The first-order valence-corrected chi connectivity index (χ1v) is 9.41. The molecule has 0 saturated heterocycles. The van der Waals surface area contributed by atoms with Gasteiger partial charge in [0, 0.05) is 11.8 Å². The van der Waals surface area contributed by atoms with Crippen LogP contribution in [0.3, 0.4) is 0 Å². The van der Waals surface area contributed by atoms with Crippen molar-refractivity contribution in [1.82, 2.24) is 0 Å². The van der Waals surface area contributed by atoms with Crippen molar-refractivity contribution < 1.29 is 22.3 Å². The first-order valence-electron chi connectivity index (χ1n) is 7.56. The Kier molecular flexibility index (Phi) is 5.97. The summed E-state index contributed by atoms with van der Waals surface area (Å²) in [7, 11) is -3.84. The number of ether oxygens (including phenoxy) is 1. The maximum atomic E-state index is 13.9. The zero-order valence-corrected chi connectivity index (χ0v) is 14.7. The minimum absolute atomic E-state index is 0.178. The van der Waals surface area contributed by atoms with E-state index in [1.54, 1.807) is 24.3 Å². The second-order valence-corrected chi connectivity index (χ2v) is 7.14. The monoisotopic (exact) mass is 366 g/mol. The fourth-order valence-electron chi connectivity index (χ4n) is 2.20. The fourth-order valence-corrected chi connectivity index (χ4v) is 3.05. The fraction of sp³-hybridized carbons (Fsp3) is 0.235. The van der Waals surface area contributed by atoms with E-state index in [1.807, 2.05) is 6.92 Å². The van der Waals surface area contributed by atoms with E-state index >= 15 is 0 Å². The number of rotatable bonds is 7. The molecule has 0 bridgehead atoms. The molecule has 2 aromatic carbocycles. The largest absolute Gasteiger partial charge is 0.494 e. The van der Waals surface area contributed by atoms with Gasteiger partial charge < -0.3 is 10.1 Å². The van der Waals surface area contributed by atoms with E-state index in [-0.39, 0.29) is 5.69 Å². The molecule has 0 heterocycles. The lowest BCUT2D eigenvalue weighted by Crippen LogP contribution is -2.38. The molecule has 0 aliphatic rings. The number of amides is 1. The van der Waals surface area contributed by atoms with E-state index < -0.39 is 28.3 Å². The molecule has 1 amide bonds. The van der Waals surface area contributed by atoms with E-state index in [4.69, 9.17) is 4.74 Å². The van der Waals surface area contributed by atoms with Crippen LogP contribution in [-0.4, -0.2) is 33.7 Å². The van der Waals surface area contributed by atoms with Gasteiger partial charge in [-0.2, -0.15) is 0 Å². The van der Waals surface area contributed by atoms with Gasteiger partial charge in [0.15, 0.2) is 0 Å². The van der Waals surface area contributed by atoms with E-state index in [0.29, 0.717) is 18.0 Å². The van der Waals surface area contributed by atoms with Crippen molar-refractivity contribution in [2.75, 3.05) is 29.0 Å². The summed E-state index contributed by atoms with van der Waals surface area (Å²) in [6, 6.07) is 12.1. The number of carbonyl (C=O) groups excluding carboxylic acids is 1. The summed E-state index contributed by atoms with van der Waals surface area (Å²) < 4.78 is 43.9. The summed E-state index contributed by atoms with van der Waals surface area (Å²) in [5, 5.41) is 2.59. The average Bonchev–Trinajstić information content (AvgIpc) is 2.53. The first kappa shape index (κ1) is 18.7. The van der Waals surface area contributed by atoms with Crippen LogP contribution in [-0.2, 0) is 14.8 Å². The summed E-state index contributed by atoms with van der Waals surface area (Å²) in [4.78, 5) is 12.2. The minimum Gasteiger partial charge on any atom is -0.494 e. The summed E-state index contributed by atoms with van der Waals surface area (Å²) in [6.45, 7) is 1.77. The Bertz CT molecular complexity index is 855. The lowest BCUT2D eigenvalue weighted by Gasteiger charge is -2.22. The Morgan fingerprint density at radius 2 is 1.92 bits per heavy atom. The SMILES string of the molecule is CCOc1cccc(NC(=O)CN(c2ccccc2F)S(C)(=O)=O)c1. The van der Waals surface area contributed by atoms with Crippen molar-refractivity contribution in [2.45, 2.75) is 6.92 Å². The first-order chi connectivity index (χ1) is 11.8. The predicted octanol–water partition coefficient (Wildman–Crippen LogP) is 2.63. The number of para-hydroxylation sites is 1. The second-order valence-electron chi connectivity index (χ2n) is 5.23. The van der Waals surface area contributed by atoms with Gasteiger partial charge in [0.25, 0.3) is 0 Å². The Hall–Kier alpha value is -2.61. The van der Waals surface area contributed by atoms with Crippen molar-refractivity contribution in [3.8, 4) is 5.75 Å². The lowest BCUT2D eigenvalue weighted by molar-refractivity contribution is -0.114. The van der Waals surface area contributed by atoms with Crippen molar-refractivity contribution in [1.29, 1.82) is 0 Å². The molecule has 8 heteroatoms. The molecule has 0 aliphatic carbocycles. The molecule has 0 unspecified atom stereocenters. The molecule has 0 aliphatic heterocycles. The molecule has 25 heavy (non-hydrogen) atoms. The van der Waals surface area contributed by atoms with Crippen molar-refractivity contribution in [3.05, 3.63) is 54.3 Å². The quantitative estimate of drug-likeness (QED) is 0.817. The summed E-state index contributed by atoms with van der Waals surface area (Å²) in [6.07, 6.45) is 0.919. The molecule has 0 atom stereocenters. The smallest absolute Gasteiger partial charge is 0.245 e. The molecule has 0 aromatic heterocycles. The van der Waals surface area contributed by atoms with Crippen LogP contribution in [0, 0.1) is 5.82 Å². The van der Waals surface area contributed by atoms with Crippen LogP contribution in [0.4, 0.5) is 15.8 Å². The molecule has 2 aromatic rings. The Morgan fingerprint density at radius 1 is 1.20 bits per heavy atom. The van der Waals surface area contributed by atoms with Gasteiger partial charge in [-0.3, -0.25) is 9.10 Å². The Balaban J connectivity index is 2.18. The molecular formula is C17H19FN2O4S. The van der Waals surface area contributed by atoms with Crippen molar-refractivity contribution in [3.63, 3.8) is 0 Å². The second kappa shape index (κ2) is 7.98. The third-order valence-corrected chi connectivity index (χ3v) is 4.36. The van der Waals surface area contributed by atoms with E-state index in [2.05, 4.69) is 5.32 Å². The number of sulfonamides is 1. The maximum Gasteiger partial charge on any atom is 0.245 e. The topological polar surface area (TPSA) is 75.7 Å². The van der Waals surface area contributed by atoms with Gasteiger partial charge in [0.2, 0.25) is 15.9 Å². The number of carbonyl (C=O) groups is 1. The molecule has 0 fully saturated rings. The molecule has 0 radical (unpaired) electrons. The van der Waals surface area contributed by atoms with Gasteiger partial charge in [-0.15, -0.1) is 0 Å². The van der Waals surface area contributed by atoms with Crippen LogP contribution < -0.4 is 14.4 Å². The van der Waals surface area contributed by atoms with Crippen LogP contribution >= 0.6 is 0 Å². The molecule has 0 spiro atoms. The molecule has 1 N–H and O–H groups in total. The Labute approximate surface area is 146 Å².